The normalized spacial score (nSPS) is 25.4. The highest BCUT2D eigenvalue weighted by molar-refractivity contribution is 5.80. The maximum atomic E-state index is 11.7. The summed E-state index contributed by atoms with van der Waals surface area (Å²) in [6.07, 6.45) is 3.27. The zero-order valence-electron chi connectivity index (χ0n) is 11.9. The van der Waals surface area contributed by atoms with Crippen LogP contribution >= 0.6 is 0 Å². The van der Waals surface area contributed by atoms with E-state index in [1.54, 1.807) is 0 Å². The number of ether oxygens (including phenoxy) is 1. The van der Waals surface area contributed by atoms with Crippen molar-refractivity contribution in [3.05, 3.63) is 0 Å². The quantitative estimate of drug-likeness (QED) is 0.726. The summed E-state index contributed by atoms with van der Waals surface area (Å²) < 4.78 is 5.68. The Bertz CT molecular complexity index is 256. The molecule has 1 amide bonds. The van der Waals surface area contributed by atoms with Crippen molar-refractivity contribution >= 4 is 5.91 Å². The second kappa shape index (κ2) is 7.74. The summed E-state index contributed by atoms with van der Waals surface area (Å²) in [4.78, 5) is 11.7. The van der Waals surface area contributed by atoms with Crippen LogP contribution in [0.5, 0.6) is 0 Å². The smallest absolute Gasteiger partial charge is 0.248 e. The number of nitrogens with one attached hydrogen (secondary N) is 1. The van der Waals surface area contributed by atoms with Gasteiger partial charge in [-0.1, -0.05) is 20.3 Å². The van der Waals surface area contributed by atoms with Gasteiger partial charge in [0.15, 0.2) is 0 Å². The first-order valence-electron chi connectivity index (χ1n) is 7.14. The van der Waals surface area contributed by atoms with Gasteiger partial charge in [0.05, 0.1) is 6.61 Å². The molecular weight excluding hydrogens is 228 g/mol. The molecule has 3 atom stereocenters. The number of nitrogens with two attached hydrogens (primary N) is 1. The Morgan fingerprint density at radius 2 is 2.00 bits per heavy atom. The van der Waals surface area contributed by atoms with E-state index in [0.29, 0.717) is 30.9 Å². The number of carbonyl (C=O) groups is 1. The molecule has 0 bridgehead atoms. The number of hydrogen-bond donors (Lipinski definition) is 2. The van der Waals surface area contributed by atoms with Crippen LogP contribution in [-0.4, -0.2) is 31.7 Å². The van der Waals surface area contributed by atoms with Gasteiger partial charge in [-0.3, -0.25) is 4.79 Å². The molecular formula is C14H28N2O2. The Kier molecular flexibility index (Phi) is 6.65. The van der Waals surface area contributed by atoms with Crippen LogP contribution in [0.2, 0.25) is 0 Å². The molecule has 0 aliphatic heterocycles. The maximum absolute atomic E-state index is 11.7. The van der Waals surface area contributed by atoms with E-state index >= 15 is 0 Å². The van der Waals surface area contributed by atoms with Crippen molar-refractivity contribution < 1.29 is 9.53 Å². The van der Waals surface area contributed by atoms with Crippen LogP contribution < -0.4 is 11.1 Å². The molecule has 0 aromatic carbocycles. The molecule has 1 fully saturated rings. The molecule has 18 heavy (non-hydrogen) atoms. The van der Waals surface area contributed by atoms with Crippen molar-refractivity contribution in [1.29, 1.82) is 0 Å². The van der Waals surface area contributed by atoms with Gasteiger partial charge in [0, 0.05) is 6.54 Å². The third-order valence-electron chi connectivity index (χ3n) is 3.73. The average molecular weight is 256 g/mol. The SMILES string of the molecule is CC(C)CNC(=O)C(C)OCC1CCCC1CN. The molecule has 0 spiro atoms. The molecule has 1 aliphatic carbocycles. The van der Waals surface area contributed by atoms with Crippen LogP contribution in [0.3, 0.4) is 0 Å². The molecule has 0 saturated heterocycles. The van der Waals surface area contributed by atoms with Crippen molar-refractivity contribution in [1.82, 2.24) is 5.32 Å². The van der Waals surface area contributed by atoms with Gasteiger partial charge in [-0.2, -0.15) is 0 Å². The first-order chi connectivity index (χ1) is 8.54. The van der Waals surface area contributed by atoms with Crippen LogP contribution in [0.4, 0.5) is 0 Å². The third-order valence-corrected chi connectivity index (χ3v) is 3.73. The molecule has 3 N–H and O–H groups in total. The zero-order valence-corrected chi connectivity index (χ0v) is 11.9. The fraction of sp³-hybridized carbons (Fsp3) is 0.929. The van der Waals surface area contributed by atoms with Gasteiger partial charge in [-0.25, -0.2) is 0 Å². The van der Waals surface area contributed by atoms with E-state index in [1.807, 2.05) is 6.92 Å². The average Bonchev–Trinajstić information content (AvgIpc) is 2.80. The Hall–Kier alpha value is -0.610. The maximum Gasteiger partial charge on any atom is 0.248 e. The van der Waals surface area contributed by atoms with E-state index in [9.17, 15) is 4.79 Å². The first kappa shape index (κ1) is 15.4. The number of rotatable bonds is 7. The molecule has 1 rings (SSSR count). The van der Waals surface area contributed by atoms with Crippen molar-refractivity contribution in [3.63, 3.8) is 0 Å². The zero-order chi connectivity index (χ0) is 13.5. The lowest BCUT2D eigenvalue weighted by Gasteiger charge is -2.20. The van der Waals surface area contributed by atoms with Gasteiger partial charge >= 0.3 is 0 Å². The van der Waals surface area contributed by atoms with Crippen molar-refractivity contribution in [2.24, 2.45) is 23.5 Å². The molecule has 0 heterocycles. The van der Waals surface area contributed by atoms with E-state index in [-0.39, 0.29) is 12.0 Å². The monoisotopic (exact) mass is 256 g/mol. The minimum Gasteiger partial charge on any atom is -0.368 e. The van der Waals surface area contributed by atoms with Gasteiger partial charge < -0.3 is 15.8 Å². The first-order valence-corrected chi connectivity index (χ1v) is 7.14. The lowest BCUT2D eigenvalue weighted by molar-refractivity contribution is -0.132. The Balaban J connectivity index is 2.23. The molecule has 0 aromatic heterocycles. The Morgan fingerprint density at radius 1 is 1.33 bits per heavy atom. The Morgan fingerprint density at radius 3 is 2.61 bits per heavy atom. The van der Waals surface area contributed by atoms with Crippen LogP contribution in [0.1, 0.15) is 40.0 Å². The molecule has 0 aromatic rings. The second-order valence-corrected chi connectivity index (χ2v) is 5.80. The van der Waals surface area contributed by atoms with E-state index in [2.05, 4.69) is 19.2 Å². The molecule has 1 aliphatic rings. The third kappa shape index (κ3) is 4.94. The van der Waals surface area contributed by atoms with Crippen LogP contribution in [0, 0.1) is 17.8 Å². The van der Waals surface area contributed by atoms with Gasteiger partial charge in [-0.15, -0.1) is 0 Å². The molecule has 1 saturated carbocycles. The number of hydrogen-bond acceptors (Lipinski definition) is 3. The van der Waals surface area contributed by atoms with Crippen molar-refractivity contribution in [2.75, 3.05) is 19.7 Å². The highest BCUT2D eigenvalue weighted by Crippen LogP contribution is 2.31. The largest absolute Gasteiger partial charge is 0.368 e. The fourth-order valence-corrected chi connectivity index (χ4v) is 2.44. The summed E-state index contributed by atoms with van der Waals surface area (Å²) in [6, 6.07) is 0. The minimum atomic E-state index is -0.359. The summed E-state index contributed by atoms with van der Waals surface area (Å²) in [5.41, 5.74) is 5.74. The predicted molar refractivity (Wildman–Crippen MR) is 73.1 cm³/mol. The summed E-state index contributed by atoms with van der Waals surface area (Å²) in [5.74, 6) is 1.58. The summed E-state index contributed by atoms with van der Waals surface area (Å²) >= 11 is 0. The highest BCUT2D eigenvalue weighted by Gasteiger charge is 2.27. The van der Waals surface area contributed by atoms with Gasteiger partial charge in [-0.05, 0) is 44.1 Å². The van der Waals surface area contributed by atoms with Crippen LogP contribution in [0.25, 0.3) is 0 Å². The lowest BCUT2D eigenvalue weighted by atomic mass is 9.97. The number of carbonyl (C=O) groups excluding carboxylic acids is 1. The molecule has 3 unspecified atom stereocenters. The van der Waals surface area contributed by atoms with Crippen molar-refractivity contribution in [2.45, 2.75) is 46.1 Å². The topological polar surface area (TPSA) is 64.3 Å². The standard InChI is InChI=1S/C14H28N2O2/c1-10(2)8-16-14(17)11(3)18-9-13-6-4-5-12(13)7-15/h10-13H,4-9,15H2,1-3H3,(H,16,17). The fourth-order valence-electron chi connectivity index (χ4n) is 2.44. The molecule has 106 valence electrons. The van der Waals surface area contributed by atoms with E-state index in [0.717, 1.165) is 6.54 Å². The minimum absolute atomic E-state index is 0.00834. The molecule has 4 heteroatoms. The molecule has 0 radical (unpaired) electrons. The van der Waals surface area contributed by atoms with Gasteiger partial charge in [0.2, 0.25) is 5.91 Å². The van der Waals surface area contributed by atoms with E-state index in [4.69, 9.17) is 10.5 Å². The predicted octanol–water partition coefficient (Wildman–Crippen LogP) is 1.54. The van der Waals surface area contributed by atoms with E-state index in [1.165, 1.54) is 19.3 Å². The Labute approximate surface area is 111 Å². The number of amides is 1. The van der Waals surface area contributed by atoms with Crippen LogP contribution in [-0.2, 0) is 9.53 Å². The van der Waals surface area contributed by atoms with E-state index < -0.39 is 0 Å². The summed E-state index contributed by atoms with van der Waals surface area (Å²) in [6.45, 7) is 8.09. The lowest BCUT2D eigenvalue weighted by Crippen LogP contribution is -2.37. The van der Waals surface area contributed by atoms with Gasteiger partial charge in [0.25, 0.3) is 0 Å². The van der Waals surface area contributed by atoms with Gasteiger partial charge in [0.1, 0.15) is 6.10 Å². The highest BCUT2D eigenvalue weighted by atomic mass is 16.5. The summed E-state index contributed by atoms with van der Waals surface area (Å²) in [7, 11) is 0. The van der Waals surface area contributed by atoms with Crippen molar-refractivity contribution in [3.8, 4) is 0 Å². The summed E-state index contributed by atoms with van der Waals surface area (Å²) in [5, 5.41) is 2.89. The molecule has 4 nitrogen and oxygen atoms in total. The van der Waals surface area contributed by atoms with Crippen LogP contribution in [0.15, 0.2) is 0 Å². The second-order valence-electron chi connectivity index (χ2n) is 5.80.